The maximum absolute atomic E-state index is 2.33. The van der Waals surface area contributed by atoms with E-state index in [1.807, 2.05) is 0 Å². The Morgan fingerprint density at radius 2 is 1.20 bits per heavy atom. The van der Waals surface area contributed by atoms with Gasteiger partial charge in [-0.25, -0.2) is 0 Å². The highest BCUT2D eigenvalue weighted by molar-refractivity contribution is 5.50. The average molecular weight is 273 g/mol. The van der Waals surface area contributed by atoms with Gasteiger partial charge in [-0.2, -0.15) is 0 Å². The van der Waals surface area contributed by atoms with Crippen LogP contribution in [0.25, 0.3) is 0 Å². The lowest BCUT2D eigenvalue weighted by Crippen LogP contribution is -2.17. The molecule has 1 aromatic rings. The molecule has 0 aliphatic rings. The van der Waals surface area contributed by atoms with Crippen molar-refractivity contribution in [2.45, 2.75) is 61.8 Å². The smallest absolute Gasteiger partial charge is 0.0143 e. The van der Waals surface area contributed by atoms with E-state index in [0.717, 1.165) is 13.0 Å². The van der Waals surface area contributed by atoms with Crippen LogP contribution >= 0.6 is 0 Å². The van der Waals surface area contributed by atoms with Crippen LogP contribution in [0.1, 0.15) is 54.2 Å². The standard InChI is InChI=1S/C19H31N/c1-10-20(9)18(8)12(2)11-19-16(6)14(4)13(3)15(5)17(19)7/h10-11H2,1-9H3/b18-12-. The second-order valence-electron chi connectivity index (χ2n) is 6.16. The number of allylic oxidation sites excluding steroid dienone is 2. The minimum Gasteiger partial charge on any atom is -0.378 e. The number of nitrogens with zero attached hydrogens (tertiary/aromatic N) is 1. The Morgan fingerprint density at radius 1 is 0.800 bits per heavy atom. The molecular weight excluding hydrogens is 242 g/mol. The molecule has 0 N–H and O–H groups in total. The van der Waals surface area contributed by atoms with Gasteiger partial charge in [0.05, 0.1) is 0 Å². The van der Waals surface area contributed by atoms with Crippen LogP contribution in [-0.2, 0) is 6.42 Å². The predicted molar refractivity (Wildman–Crippen MR) is 90.5 cm³/mol. The number of hydrogen-bond donors (Lipinski definition) is 0. The maximum Gasteiger partial charge on any atom is 0.0143 e. The molecule has 0 saturated heterocycles. The maximum atomic E-state index is 2.33. The van der Waals surface area contributed by atoms with Gasteiger partial charge in [0.2, 0.25) is 0 Å². The summed E-state index contributed by atoms with van der Waals surface area (Å²) in [7, 11) is 2.17. The SMILES string of the molecule is CCN(C)/C(C)=C(/C)Cc1c(C)c(C)c(C)c(C)c1C. The minimum atomic E-state index is 1.06. The van der Waals surface area contributed by atoms with Crippen LogP contribution in [-0.4, -0.2) is 18.5 Å². The molecule has 1 heteroatoms. The molecule has 20 heavy (non-hydrogen) atoms. The van der Waals surface area contributed by atoms with Crippen LogP contribution in [0.5, 0.6) is 0 Å². The van der Waals surface area contributed by atoms with Crippen molar-refractivity contribution in [3.05, 3.63) is 44.7 Å². The van der Waals surface area contributed by atoms with Crippen molar-refractivity contribution in [3.8, 4) is 0 Å². The largest absolute Gasteiger partial charge is 0.378 e. The molecule has 0 atom stereocenters. The number of benzene rings is 1. The first-order valence-electron chi connectivity index (χ1n) is 7.65. The molecule has 1 aromatic carbocycles. The first-order valence-corrected chi connectivity index (χ1v) is 7.65. The van der Waals surface area contributed by atoms with Crippen molar-refractivity contribution in [1.82, 2.24) is 4.90 Å². The molecule has 0 saturated carbocycles. The van der Waals surface area contributed by atoms with Gasteiger partial charge in [0.1, 0.15) is 0 Å². The fraction of sp³-hybridized carbons (Fsp3) is 0.579. The zero-order chi connectivity index (χ0) is 15.6. The minimum absolute atomic E-state index is 1.06. The summed E-state index contributed by atoms with van der Waals surface area (Å²) in [5.41, 5.74) is 11.7. The third-order valence-corrected chi connectivity index (χ3v) is 5.26. The first-order chi connectivity index (χ1) is 9.22. The van der Waals surface area contributed by atoms with Crippen LogP contribution < -0.4 is 0 Å². The molecule has 0 aliphatic heterocycles. The molecule has 0 bridgehead atoms. The molecule has 0 spiro atoms. The van der Waals surface area contributed by atoms with Crippen molar-refractivity contribution in [1.29, 1.82) is 0 Å². The van der Waals surface area contributed by atoms with Crippen LogP contribution in [0, 0.1) is 34.6 Å². The van der Waals surface area contributed by atoms with E-state index in [0.29, 0.717) is 0 Å². The molecule has 1 nitrogen and oxygen atoms in total. The van der Waals surface area contributed by atoms with Gasteiger partial charge in [-0.3, -0.25) is 0 Å². The van der Waals surface area contributed by atoms with Gasteiger partial charge < -0.3 is 4.90 Å². The number of hydrogen-bond acceptors (Lipinski definition) is 1. The highest BCUT2D eigenvalue weighted by Gasteiger charge is 2.13. The predicted octanol–water partition coefficient (Wildman–Crippen LogP) is 5.02. The molecule has 0 amide bonds. The van der Waals surface area contributed by atoms with E-state index in [-0.39, 0.29) is 0 Å². The summed E-state index contributed by atoms with van der Waals surface area (Å²) in [5, 5.41) is 0. The summed E-state index contributed by atoms with van der Waals surface area (Å²) < 4.78 is 0. The summed E-state index contributed by atoms with van der Waals surface area (Å²) >= 11 is 0. The average Bonchev–Trinajstić information content (AvgIpc) is 2.45. The molecule has 0 radical (unpaired) electrons. The van der Waals surface area contributed by atoms with Gasteiger partial charge in [-0.1, -0.05) is 5.57 Å². The highest BCUT2D eigenvalue weighted by atomic mass is 15.1. The second kappa shape index (κ2) is 6.47. The summed E-state index contributed by atoms with van der Waals surface area (Å²) in [6.07, 6.45) is 1.07. The fourth-order valence-corrected chi connectivity index (χ4v) is 2.80. The molecule has 0 heterocycles. The topological polar surface area (TPSA) is 3.24 Å². The zero-order valence-corrected chi connectivity index (χ0v) is 14.9. The Morgan fingerprint density at radius 3 is 1.60 bits per heavy atom. The van der Waals surface area contributed by atoms with Crippen molar-refractivity contribution in [2.75, 3.05) is 13.6 Å². The zero-order valence-electron chi connectivity index (χ0n) is 14.9. The van der Waals surface area contributed by atoms with Gasteiger partial charge in [-0.05, 0) is 95.2 Å². The van der Waals surface area contributed by atoms with E-state index in [9.17, 15) is 0 Å². The van der Waals surface area contributed by atoms with E-state index in [1.54, 1.807) is 0 Å². The Kier molecular flexibility index (Phi) is 5.44. The second-order valence-corrected chi connectivity index (χ2v) is 6.16. The van der Waals surface area contributed by atoms with Crippen molar-refractivity contribution < 1.29 is 0 Å². The third-order valence-electron chi connectivity index (χ3n) is 5.26. The van der Waals surface area contributed by atoms with Crippen molar-refractivity contribution in [2.24, 2.45) is 0 Å². The normalized spacial score (nSPS) is 12.4. The van der Waals surface area contributed by atoms with Gasteiger partial charge >= 0.3 is 0 Å². The molecule has 112 valence electrons. The monoisotopic (exact) mass is 273 g/mol. The van der Waals surface area contributed by atoms with Crippen LogP contribution in [0.2, 0.25) is 0 Å². The molecule has 0 unspecified atom stereocenters. The molecule has 0 fully saturated rings. The van der Waals surface area contributed by atoms with Crippen LogP contribution in [0.3, 0.4) is 0 Å². The Hall–Kier alpha value is -1.24. The lowest BCUT2D eigenvalue weighted by Gasteiger charge is -2.23. The molecule has 1 rings (SSSR count). The van der Waals surface area contributed by atoms with E-state index < -0.39 is 0 Å². The van der Waals surface area contributed by atoms with Crippen molar-refractivity contribution in [3.63, 3.8) is 0 Å². The summed E-state index contributed by atoms with van der Waals surface area (Å²) in [4.78, 5) is 2.33. The van der Waals surface area contributed by atoms with E-state index in [1.165, 1.54) is 44.7 Å². The van der Waals surface area contributed by atoms with E-state index in [4.69, 9.17) is 0 Å². The van der Waals surface area contributed by atoms with Crippen LogP contribution in [0.4, 0.5) is 0 Å². The molecular formula is C19H31N. The first kappa shape index (κ1) is 16.8. The Balaban J connectivity index is 3.30. The number of rotatable bonds is 4. The lowest BCUT2D eigenvalue weighted by atomic mass is 9.86. The van der Waals surface area contributed by atoms with Crippen LogP contribution in [0.15, 0.2) is 11.3 Å². The van der Waals surface area contributed by atoms with Crippen molar-refractivity contribution >= 4 is 0 Å². The summed E-state index contributed by atoms with van der Waals surface area (Å²) in [6.45, 7) is 19.1. The van der Waals surface area contributed by atoms with E-state index in [2.05, 4.69) is 67.3 Å². The Labute approximate surface area is 125 Å². The molecule has 0 aromatic heterocycles. The van der Waals surface area contributed by atoms with Gasteiger partial charge in [-0.15, -0.1) is 0 Å². The quantitative estimate of drug-likeness (QED) is 0.745. The fourth-order valence-electron chi connectivity index (χ4n) is 2.80. The lowest BCUT2D eigenvalue weighted by molar-refractivity contribution is 0.436. The van der Waals surface area contributed by atoms with Gasteiger partial charge in [0.25, 0.3) is 0 Å². The van der Waals surface area contributed by atoms with E-state index >= 15 is 0 Å². The van der Waals surface area contributed by atoms with Gasteiger partial charge in [0.15, 0.2) is 0 Å². The Bertz CT molecular complexity index is 506. The summed E-state index contributed by atoms with van der Waals surface area (Å²) in [6, 6.07) is 0. The third kappa shape index (κ3) is 3.08. The van der Waals surface area contributed by atoms with Gasteiger partial charge in [0, 0.05) is 19.3 Å². The molecule has 0 aliphatic carbocycles. The highest BCUT2D eigenvalue weighted by Crippen LogP contribution is 2.28. The summed E-state index contributed by atoms with van der Waals surface area (Å²) in [5.74, 6) is 0.